The van der Waals surface area contributed by atoms with E-state index < -0.39 is 0 Å². The predicted octanol–water partition coefficient (Wildman–Crippen LogP) is 2.93. The van der Waals surface area contributed by atoms with Gasteiger partial charge >= 0.3 is 5.97 Å². The lowest BCUT2D eigenvalue weighted by Crippen LogP contribution is -2.11. The first-order valence-corrected chi connectivity index (χ1v) is 5.73. The van der Waals surface area contributed by atoms with Gasteiger partial charge in [0.25, 0.3) is 0 Å². The highest BCUT2D eigenvalue weighted by Gasteiger charge is 2.13. The Hall–Kier alpha value is -1.51. The van der Waals surface area contributed by atoms with Gasteiger partial charge in [-0.05, 0) is 23.1 Å². The van der Waals surface area contributed by atoms with Crippen molar-refractivity contribution in [3.05, 3.63) is 29.8 Å². The molecule has 0 heterocycles. The summed E-state index contributed by atoms with van der Waals surface area (Å²) >= 11 is 0. The minimum absolute atomic E-state index is 0.0989. The molecule has 3 heteroatoms. The number of ether oxygens (including phenoxy) is 2. The van der Waals surface area contributed by atoms with Gasteiger partial charge in [-0.1, -0.05) is 32.9 Å². The summed E-state index contributed by atoms with van der Waals surface area (Å²) in [5.41, 5.74) is 1.31. The van der Waals surface area contributed by atoms with Gasteiger partial charge in [0.2, 0.25) is 0 Å². The van der Waals surface area contributed by atoms with Crippen LogP contribution in [0.15, 0.2) is 24.3 Å². The maximum absolute atomic E-state index is 10.9. The first-order valence-electron chi connectivity index (χ1n) is 5.73. The van der Waals surface area contributed by atoms with Gasteiger partial charge in [0.1, 0.15) is 5.75 Å². The van der Waals surface area contributed by atoms with Crippen molar-refractivity contribution in [2.45, 2.75) is 32.6 Å². The van der Waals surface area contributed by atoms with Crippen LogP contribution in [0.25, 0.3) is 0 Å². The molecular weight excluding hydrogens is 216 g/mol. The van der Waals surface area contributed by atoms with Gasteiger partial charge in [-0.2, -0.15) is 0 Å². The fourth-order valence-corrected chi connectivity index (χ4v) is 1.41. The molecule has 0 saturated heterocycles. The molecule has 0 spiro atoms. The molecular formula is C14H20O3. The normalized spacial score (nSPS) is 11.1. The molecule has 0 aliphatic rings. The number of hydrogen-bond donors (Lipinski definition) is 0. The molecule has 0 atom stereocenters. The summed E-state index contributed by atoms with van der Waals surface area (Å²) in [7, 11) is 1.38. The van der Waals surface area contributed by atoms with E-state index in [4.69, 9.17) is 4.74 Å². The van der Waals surface area contributed by atoms with Crippen LogP contribution in [0.4, 0.5) is 0 Å². The summed E-state index contributed by atoms with van der Waals surface area (Å²) in [6.07, 6.45) is 0.274. The van der Waals surface area contributed by atoms with Gasteiger partial charge in [-0.15, -0.1) is 0 Å². The second-order valence-corrected chi connectivity index (χ2v) is 4.95. The Kier molecular flexibility index (Phi) is 4.55. The van der Waals surface area contributed by atoms with Crippen LogP contribution in [-0.4, -0.2) is 19.7 Å². The van der Waals surface area contributed by atoms with Gasteiger partial charge in [0, 0.05) is 0 Å². The molecule has 0 aliphatic heterocycles. The summed E-state index contributed by atoms with van der Waals surface area (Å²) < 4.78 is 10.1. The molecule has 1 rings (SSSR count). The van der Waals surface area contributed by atoms with E-state index in [2.05, 4.69) is 31.6 Å². The Morgan fingerprint density at radius 1 is 1.29 bits per heavy atom. The fraction of sp³-hybridized carbons (Fsp3) is 0.500. The van der Waals surface area contributed by atoms with Crippen LogP contribution >= 0.6 is 0 Å². The number of rotatable bonds is 4. The van der Waals surface area contributed by atoms with E-state index in [0.29, 0.717) is 6.61 Å². The maximum atomic E-state index is 10.9. The zero-order chi connectivity index (χ0) is 12.9. The molecule has 0 bridgehead atoms. The molecule has 0 aliphatic carbocycles. The number of hydrogen-bond acceptors (Lipinski definition) is 3. The van der Waals surface area contributed by atoms with Crippen molar-refractivity contribution in [3.8, 4) is 5.75 Å². The van der Waals surface area contributed by atoms with Crippen molar-refractivity contribution >= 4 is 5.97 Å². The van der Waals surface area contributed by atoms with E-state index >= 15 is 0 Å². The van der Waals surface area contributed by atoms with E-state index in [1.807, 2.05) is 18.2 Å². The molecule has 1 aromatic carbocycles. The molecule has 94 valence electrons. The van der Waals surface area contributed by atoms with Crippen molar-refractivity contribution in [1.29, 1.82) is 0 Å². The van der Waals surface area contributed by atoms with E-state index in [1.54, 1.807) is 0 Å². The highest BCUT2D eigenvalue weighted by atomic mass is 16.5. The maximum Gasteiger partial charge on any atom is 0.308 e. The predicted molar refractivity (Wildman–Crippen MR) is 67.3 cm³/mol. The molecule has 1 aromatic rings. The van der Waals surface area contributed by atoms with Crippen molar-refractivity contribution in [1.82, 2.24) is 0 Å². The average Bonchev–Trinajstić information content (AvgIpc) is 2.28. The standard InChI is InChI=1S/C14H20O3/c1-14(2,3)11-6-5-7-12(10-11)17-9-8-13(15)16-4/h5-7,10H,8-9H2,1-4H3. The minimum Gasteiger partial charge on any atom is -0.493 e. The monoisotopic (exact) mass is 236 g/mol. The molecule has 0 amide bonds. The van der Waals surface area contributed by atoms with Crippen LogP contribution in [-0.2, 0) is 14.9 Å². The number of benzene rings is 1. The van der Waals surface area contributed by atoms with E-state index in [9.17, 15) is 4.79 Å². The largest absolute Gasteiger partial charge is 0.493 e. The first kappa shape index (κ1) is 13.6. The van der Waals surface area contributed by atoms with E-state index in [-0.39, 0.29) is 17.8 Å². The quantitative estimate of drug-likeness (QED) is 0.754. The van der Waals surface area contributed by atoms with Crippen LogP contribution in [0, 0.1) is 0 Å². The SMILES string of the molecule is COC(=O)CCOc1cccc(C(C)(C)C)c1. The Balaban J connectivity index is 2.58. The summed E-state index contributed by atoms with van der Waals surface area (Å²) in [6, 6.07) is 7.95. The summed E-state index contributed by atoms with van der Waals surface area (Å²) in [4.78, 5) is 10.9. The lowest BCUT2D eigenvalue weighted by atomic mass is 9.87. The van der Waals surface area contributed by atoms with Gasteiger partial charge in [0.15, 0.2) is 0 Å². The second kappa shape index (κ2) is 5.71. The molecule has 0 unspecified atom stereocenters. The smallest absolute Gasteiger partial charge is 0.308 e. The fourth-order valence-electron chi connectivity index (χ4n) is 1.41. The Morgan fingerprint density at radius 2 is 2.00 bits per heavy atom. The third kappa shape index (κ3) is 4.47. The summed E-state index contributed by atoms with van der Waals surface area (Å²) in [6.45, 7) is 6.81. The van der Waals surface area contributed by atoms with Gasteiger partial charge in [-0.3, -0.25) is 4.79 Å². The highest BCUT2D eigenvalue weighted by Crippen LogP contribution is 2.25. The Morgan fingerprint density at radius 3 is 2.59 bits per heavy atom. The van der Waals surface area contributed by atoms with Crippen molar-refractivity contribution in [3.63, 3.8) is 0 Å². The number of carbonyl (C=O) groups excluding carboxylic acids is 1. The van der Waals surface area contributed by atoms with Crippen LogP contribution in [0.3, 0.4) is 0 Å². The number of carbonyl (C=O) groups is 1. The molecule has 0 aromatic heterocycles. The molecule has 3 nitrogen and oxygen atoms in total. The van der Waals surface area contributed by atoms with Crippen molar-refractivity contribution in [2.75, 3.05) is 13.7 Å². The van der Waals surface area contributed by atoms with Crippen LogP contribution in [0.2, 0.25) is 0 Å². The van der Waals surface area contributed by atoms with Crippen LogP contribution in [0.1, 0.15) is 32.8 Å². The zero-order valence-electron chi connectivity index (χ0n) is 10.9. The minimum atomic E-state index is -0.253. The molecule has 0 fully saturated rings. The Bertz CT molecular complexity index is 377. The first-order chi connectivity index (χ1) is 7.93. The average molecular weight is 236 g/mol. The third-order valence-electron chi connectivity index (χ3n) is 2.50. The number of methoxy groups -OCH3 is 1. The van der Waals surface area contributed by atoms with Gasteiger partial charge < -0.3 is 9.47 Å². The van der Waals surface area contributed by atoms with Crippen LogP contribution in [0.5, 0.6) is 5.75 Å². The van der Waals surface area contributed by atoms with Gasteiger partial charge in [-0.25, -0.2) is 0 Å². The Labute approximate surface area is 103 Å². The lowest BCUT2D eigenvalue weighted by molar-refractivity contribution is -0.141. The third-order valence-corrected chi connectivity index (χ3v) is 2.50. The van der Waals surface area contributed by atoms with Crippen molar-refractivity contribution < 1.29 is 14.3 Å². The second-order valence-electron chi connectivity index (χ2n) is 4.95. The van der Waals surface area contributed by atoms with Crippen molar-refractivity contribution in [2.24, 2.45) is 0 Å². The highest BCUT2D eigenvalue weighted by molar-refractivity contribution is 5.69. The van der Waals surface area contributed by atoms with E-state index in [0.717, 1.165) is 5.75 Å². The number of esters is 1. The molecule has 0 N–H and O–H groups in total. The molecule has 17 heavy (non-hydrogen) atoms. The lowest BCUT2D eigenvalue weighted by Gasteiger charge is -2.19. The van der Waals surface area contributed by atoms with Gasteiger partial charge in [0.05, 0.1) is 20.1 Å². The topological polar surface area (TPSA) is 35.5 Å². The summed E-state index contributed by atoms with van der Waals surface area (Å²) in [5.74, 6) is 0.540. The van der Waals surface area contributed by atoms with E-state index in [1.165, 1.54) is 12.7 Å². The summed E-state index contributed by atoms with van der Waals surface area (Å²) in [5, 5.41) is 0. The molecule has 0 saturated carbocycles. The zero-order valence-corrected chi connectivity index (χ0v) is 10.9. The van der Waals surface area contributed by atoms with Crippen LogP contribution < -0.4 is 4.74 Å². The molecule has 0 radical (unpaired) electrons.